The van der Waals surface area contributed by atoms with Gasteiger partial charge in [0.1, 0.15) is 5.25 Å². The predicted molar refractivity (Wildman–Crippen MR) is 84.4 cm³/mol. The standard InChI is InChI=1S/C17H13NO2S/c19-17(20)16(13-6-2-1-3-7-13)21-14-10-4-8-12-9-5-11-18-15(12)14/h1-11,16H,(H,19,20)/t16-/m0/s1. The molecular weight excluding hydrogens is 282 g/mol. The van der Waals surface area contributed by atoms with Crippen molar-refractivity contribution in [2.45, 2.75) is 10.1 Å². The molecule has 0 aliphatic heterocycles. The summed E-state index contributed by atoms with van der Waals surface area (Å²) < 4.78 is 0. The summed E-state index contributed by atoms with van der Waals surface area (Å²) in [5.74, 6) is -0.848. The highest BCUT2D eigenvalue weighted by Gasteiger charge is 2.22. The fourth-order valence-electron chi connectivity index (χ4n) is 2.19. The maximum atomic E-state index is 11.6. The smallest absolute Gasteiger partial charge is 0.321 e. The zero-order valence-electron chi connectivity index (χ0n) is 11.1. The molecule has 0 fully saturated rings. The van der Waals surface area contributed by atoms with Crippen molar-refractivity contribution in [3.05, 3.63) is 72.4 Å². The Kier molecular flexibility index (Phi) is 3.88. The van der Waals surface area contributed by atoms with Crippen LogP contribution in [-0.2, 0) is 4.79 Å². The number of para-hydroxylation sites is 1. The van der Waals surface area contributed by atoms with Crippen LogP contribution in [0.3, 0.4) is 0 Å². The quantitative estimate of drug-likeness (QED) is 0.734. The summed E-state index contributed by atoms with van der Waals surface area (Å²) >= 11 is 1.32. The highest BCUT2D eigenvalue weighted by molar-refractivity contribution is 8.00. The van der Waals surface area contributed by atoms with Crippen LogP contribution in [-0.4, -0.2) is 16.1 Å². The van der Waals surface area contributed by atoms with Crippen LogP contribution >= 0.6 is 11.8 Å². The van der Waals surface area contributed by atoms with Crippen LogP contribution in [0.4, 0.5) is 0 Å². The lowest BCUT2D eigenvalue weighted by molar-refractivity contribution is -0.136. The molecule has 4 heteroatoms. The molecule has 21 heavy (non-hydrogen) atoms. The fourth-order valence-corrected chi connectivity index (χ4v) is 3.27. The Balaban J connectivity index is 2.01. The van der Waals surface area contributed by atoms with E-state index in [-0.39, 0.29) is 0 Å². The number of carboxylic acids is 1. The summed E-state index contributed by atoms with van der Waals surface area (Å²) in [7, 11) is 0. The van der Waals surface area contributed by atoms with Crippen molar-refractivity contribution in [3.63, 3.8) is 0 Å². The van der Waals surface area contributed by atoms with Crippen molar-refractivity contribution < 1.29 is 9.90 Å². The Morgan fingerprint density at radius 3 is 2.52 bits per heavy atom. The maximum Gasteiger partial charge on any atom is 0.321 e. The zero-order chi connectivity index (χ0) is 14.7. The van der Waals surface area contributed by atoms with Crippen molar-refractivity contribution in [1.82, 2.24) is 4.98 Å². The van der Waals surface area contributed by atoms with Gasteiger partial charge in [-0.05, 0) is 17.7 Å². The lowest BCUT2D eigenvalue weighted by Gasteiger charge is -2.13. The average molecular weight is 295 g/mol. The van der Waals surface area contributed by atoms with Gasteiger partial charge in [0.25, 0.3) is 0 Å². The Hall–Kier alpha value is -2.33. The summed E-state index contributed by atoms with van der Waals surface area (Å²) in [6.07, 6.45) is 1.73. The minimum absolute atomic E-state index is 0.640. The fraction of sp³-hybridized carbons (Fsp3) is 0.0588. The van der Waals surface area contributed by atoms with Crippen molar-refractivity contribution in [3.8, 4) is 0 Å². The molecule has 1 atom stereocenters. The summed E-state index contributed by atoms with van der Waals surface area (Å²) in [4.78, 5) is 16.9. The predicted octanol–water partition coefficient (Wildman–Crippen LogP) is 4.15. The van der Waals surface area contributed by atoms with E-state index >= 15 is 0 Å². The first-order valence-electron chi connectivity index (χ1n) is 6.54. The molecule has 0 saturated carbocycles. The number of hydrogen-bond donors (Lipinski definition) is 1. The third-order valence-electron chi connectivity index (χ3n) is 3.17. The van der Waals surface area contributed by atoms with Gasteiger partial charge in [-0.3, -0.25) is 9.78 Å². The van der Waals surface area contributed by atoms with Crippen LogP contribution in [0.2, 0.25) is 0 Å². The topological polar surface area (TPSA) is 50.2 Å². The Labute approximate surface area is 126 Å². The number of aromatic nitrogens is 1. The second-order valence-electron chi connectivity index (χ2n) is 4.58. The molecule has 0 radical (unpaired) electrons. The van der Waals surface area contributed by atoms with Crippen LogP contribution < -0.4 is 0 Å². The Bertz CT molecular complexity index is 769. The molecule has 0 bridgehead atoms. The molecule has 1 heterocycles. The lowest BCUT2D eigenvalue weighted by Crippen LogP contribution is -2.07. The first-order valence-corrected chi connectivity index (χ1v) is 7.42. The van der Waals surface area contributed by atoms with Crippen LogP contribution in [0.1, 0.15) is 10.8 Å². The number of thioether (sulfide) groups is 1. The molecule has 0 aliphatic carbocycles. The monoisotopic (exact) mass is 295 g/mol. The zero-order valence-corrected chi connectivity index (χ0v) is 12.0. The third-order valence-corrected chi connectivity index (χ3v) is 4.46. The molecule has 0 unspecified atom stereocenters. The lowest BCUT2D eigenvalue weighted by atomic mass is 10.1. The van der Waals surface area contributed by atoms with Gasteiger partial charge in [0, 0.05) is 16.5 Å². The van der Waals surface area contributed by atoms with Gasteiger partial charge in [-0.2, -0.15) is 0 Å². The van der Waals surface area contributed by atoms with Crippen LogP contribution in [0.25, 0.3) is 10.9 Å². The maximum absolute atomic E-state index is 11.6. The van der Waals surface area contributed by atoms with E-state index in [1.807, 2.05) is 60.7 Å². The van der Waals surface area contributed by atoms with E-state index in [0.29, 0.717) is 0 Å². The van der Waals surface area contributed by atoms with Gasteiger partial charge in [-0.15, -0.1) is 11.8 Å². The Morgan fingerprint density at radius 2 is 1.76 bits per heavy atom. The van der Waals surface area contributed by atoms with Crippen LogP contribution in [0, 0.1) is 0 Å². The van der Waals surface area contributed by atoms with Crippen LogP contribution in [0.5, 0.6) is 0 Å². The van der Waals surface area contributed by atoms with E-state index in [4.69, 9.17) is 0 Å². The van der Waals surface area contributed by atoms with Gasteiger partial charge in [0.2, 0.25) is 0 Å². The summed E-state index contributed by atoms with van der Waals surface area (Å²) in [6, 6.07) is 18.9. The molecule has 0 aliphatic rings. The molecule has 1 N–H and O–H groups in total. The number of hydrogen-bond acceptors (Lipinski definition) is 3. The molecule has 0 spiro atoms. The van der Waals surface area contributed by atoms with Crippen molar-refractivity contribution >= 4 is 28.6 Å². The van der Waals surface area contributed by atoms with Crippen LogP contribution in [0.15, 0.2) is 71.8 Å². The van der Waals surface area contributed by atoms with Crippen molar-refractivity contribution in [2.24, 2.45) is 0 Å². The van der Waals surface area contributed by atoms with E-state index < -0.39 is 11.2 Å². The number of aliphatic carboxylic acids is 1. The normalized spacial score (nSPS) is 12.2. The molecule has 0 saturated heterocycles. The number of carboxylic acid groups (broad SMARTS) is 1. The highest BCUT2D eigenvalue weighted by Crippen LogP contribution is 2.38. The number of carbonyl (C=O) groups is 1. The van der Waals surface area contributed by atoms with E-state index in [9.17, 15) is 9.90 Å². The third kappa shape index (κ3) is 2.90. The highest BCUT2D eigenvalue weighted by atomic mass is 32.2. The van der Waals surface area contributed by atoms with Gasteiger partial charge in [0.05, 0.1) is 5.52 Å². The first kappa shape index (κ1) is 13.6. The number of benzene rings is 2. The van der Waals surface area contributed by atoms with Gasteiger partial charge in [0.15, 0.2) is 0 Å². The average Bonchev–Trinajstić information content (AvgIpc) is 2.53. The Morgan fingerprint density at radius 1 is 1.00 bits per heavy atom. The first-order chi connectivity index (χ1) is 10.3. The van der Waals surface area contributed by atoms with E-state index in [1.54, 1.807) is 6.20 Å². The summed E-state index contributed by atoms with van der Waals surface area (Å²) in [6.45, 7) is 0. The molecule has 104 valence electrons. The molecule has 2 aromatic carbocycles. The van der Waals surface area contributed by atoms with Gasteiger partial charge >= 0.3 is 5.97 Å². The minimum atomic E-state index is -0.848. The minimum Gasteiger partial charge on any atom is -0.480 e. The number of pyridine rings is 1. The number of rotatable bonds is 4. The van der Waals surface area contributed by atoms with Gasteiger partial charge in [-0.25, -0.2) is 0 Å². The largest absolute Gasteiger partial charge is 0.480 e. The SMILES string of the molecule is O=C(O)[C@@H](Sc1cccc2cccnc12)c1ccccc1. The molecular formula is C17H13NO2S. The summed E-state index contributed by atoms with van der Waals surface area (Å²) in [5, 5.41) is 9.89. The number of nitrogens with zero attached hydrogens (tertiary/aromatic N) is 1. The van der Waals surface area contributed by atoms with Gasteiger partial charge < -0.3 is 5.11 Å². The second kappa shape index (κ2) is 5.97. The molecule has 3 nitrogen and oxygen atoms in total. The molecule has 1 aromatic heterocycles. The van der Waals surface area contributed by atoms with Gasteiger partial charge in [-0.1, -0.05) is 48.5 Å². The molecule has 0 amide bonds. The molecule has 3 rings (SSSR count). The van der Waals surface area contributed by atoms with E-state index in [1.165, 1.54) is 11.8 Å². The van der Waals surface area contributed by atoms with Crippen molar-refractivity contribution in [1.29, 1.82) is 0 Å². The van der Waals surface area contributed by atoms with E-state index in [2.05, 4.69) is 4.98 Å². The second-order valence-corrected chi connectivity index (χ2v) is 5.73. The number of fused-ring (bicyclic) bond motifs is 1. The summed E-state index contributed by atoms with van der Waals surface area (Å²) in [5.41, 5.74) is 1.62. The van der Waals surface area contributed by atoms with E-state index in [0.717, 1.165) is 21.4 Å². The molecule has 3 aromatic rings. The van der Waals surface area contributed by atoms with Crippen molar-refractivity contribution in [2.75, 3.05) is 0 Å².